The van der Waals surface area contributed by atoms with Gasteiger partial charge in [-0.25, -0.2) is 0 Å². The lowest BCUT2D eigenvalue weighted by atomic mass is 9.89. The smallest absolute Gasteiger partial charge is 0.00413 e. The summed E-state index contributed by atoms with van der Waals surface area (Å²) in [6, 6.07) is 1.03. The molecule has 1 aliphatic rings. The molecule has 4 unspecified atom stereocenters. The second kappa shape index (κ2) is 7.25. The molecule has 0 saturated heterocycles. The highest BCUT2D eigenvalue weighted by Crippen LogP contribution is 2.19. The van der Waals surface area contributed by atoms with Crippen LogP contribution in [0, 0.1) is 5.92 Å². The van der Waals surface area contributed by atoms with E-state index in [0.29, 0.717) is 24.0 Å². The molecule has 0 aromatic rings. The second-order valence-electron chi connectivity index (χ2n) is 5.71. The summed E-state index contributed by atoms with van der Waals surface area (Å²) in [7, 11) is 0. The van der Waals surface area contributed by atoms with E-state index in [1.165, 1.54) is 12.8 Å². The van der Waals surface area contributed by atoms with E-state index in [9.17, 15) is 0 Å². The molecule has 4 atom stereocenters. The lowest BCUT2D eigenvalue weighted by Gasteiger charge is -2.22. The maximum atomic E-state index is 6.11. The summed E-state index contributed by atoms with van der Waals surface area (Å²) in [5, 5.41) is 0. The highest BCUT2D eigenvalue weighted by Gasteiger charge is 2.14. The maximum absolute atomic E-state index is 6.11. The zero-order valence-corrected chi connectivity index (χ0v) is 10.7. The highest BCUT2D eigenvalue weighted by molar-refractivity contribution is 4.74. The van der Waals surface area contributed by atoms with Crippen molar-refractivity contribution in [2.45, 2.75) is 76.4 Å². The number of hydrogen-bond donors (Lipinski definition) is 3. The van der Waals surface area contributed by atoms with Crippen LogP contribution in [0.3, 0.4) is 0 Å². The quantitative estimate of drug-likeness (QED) is 0.590. The van der Waals surface area contributed by atoms with E-state index in [1.54, 1.807) is 0 Å². The van der Waals surface area contributed by atoms with Crippen LogP contribution in [-0.4, -0.2) is 18.1 Å². The molecule has 3 nitrogen and oxygen atoms in total. The van der Waals surface area contributed by atoms with Crippen LogP contribution in [0.25, 0.3) is 0 Å². The molecule has 1 saturated carbocycles. The van der Waals surface area contributed by atoms with Crippen LogP contribution in [0.1, 0.15) is 58.3 Å². The molecule has 0 heterocycles. The van der Waals surface area contributed by atoms with Crippen LogP contribution >= 0.6 is 0 Å². The number of rotatable bonds is 0. The Balaban J connectivity index is 2.40. The van der Waals surface area contributed by atoms with Gasteiger partial charge in [0.2, 0.25) is 0 Å². The Bertz CT molecular complexity index is 184. The minimum absolute atomic E-state index is 0.329. The third kappa shape index (κ3) is 5.83. The summed E-state index contributed by atoms with van der Waals surface area (Å²) >= 11 is 0. The van der Waals surface area contributed by atoms with Crippen molar-refractivity contribution in [1.29, 1.82) is 0 Å². The second-order valence-corrected chi connectivity index (χ2v) is 5.71. The average molecular weight is 227 g/mol. The van der Waals surface area contributed by atoms with Crippen LogP contribution in [0.4, 0.5) is 0 Å². The molecule has 0 aliphatic heterocycles. The molecule has 0 aromatic heterocycles. The first-order valence-electron chi connectivity index (χ1n) is 6.84. The molecule has 1 aliphatic carbocycles. The van der Waals surface area contributed by atoms with Gasteiger partial charge in [0, 0.05) is 18.1 Å². The Labute approximate surface area is 100 Å². The Morgan fingerprint density at radius 3 is 1.88 bits per heavy atom. The van der Waals surface area contributed by atoms with Crippen molar-refractivity contribution in [3.8, 4) is 0 Å². The Morgan fingerprint density at radius 1 is 0.688 bits per heavy atom. The highest BCUT2D eigenvalue weighted by atomic mass is 14.7. The summed E-state index contributed by atoms with van der Waals surface area (Å²) in [6.07, 6.45) is 9.04. The molecule has 0 bridgehead atoms. The Morgan fingerprint density at radius 2 is 1.19 bits per heavy atom. The fraction of sp³-hybridized carbons (Fsp3) is 1.00. The van der Waals surface area contributed by atoms with Crippen molar-refractivity contribution in [2.24, 2.45) is 23.1 Å². The van der Waals surface area contributed by atoms with Crippen LogP contribution in [-0.2, 0) is 0 Å². The fourth-order valence-corrected chi connectivity index (χ4v) is 2.61. The van der Waals surface area contributed by atoms with Gasteiger partial charge in [0.15, 0.2) is 0 Å². The molecule has 3 heteroatoms. The van der Waals surface area contributed by atoms with E-state index in [0.717, 1.165) is 38.5 Å². The fourth-order valence-electron chi connectivity index (χ4n) is 2.61. The minimum atomic E-state index is 0.329. The first-order chi connectivity index (χ1) is 7.58. The van der Waals surface area contributed by atoms with Crippen molar-refractivity contribution >= 4 is 0 Å². The van der Waals surface area contributed by atoms with Crippen LogP contribution < -0.4 is 17.2 Å². The van der Waals surface area contributed by atoms with Crippen LogP contribution in [0.5, 0.6) is 0 Å². The topological polar surface area (TPSA) is 78.1 Å². The zero-order valence-electron chi connectivity index (χ0n) is 10.7. The van der Waals surface area contributed by atoms with E-state index in [1.807, 2.05) is 0 Å². The van der Waals surface area contributed by atoms with Gasteiger partial charge in [0.05, 0.1) is 0 Å². The van der Waals surface area contributed by atoms with E-state index in [2.05, 4.69) is 6.92 Å². The molecule has 16 heavy (non-hydrogen) atoms. The normalized spacial score (nSPS) is 39.8. The first-order valence-corrected chi connectivity index (χ1v) is 6.84. The van der Waals surface area contributed by atoms with E-state index < -0.39 is 0 Å². The van der Waals surface area contributed by atoms with Gasteiger partial charge in [-0.2, -0.15) is 0 Å². The van der Waals surface area contributed by atoms with Gasteiger partial charge in [-0.1, -0.05) is 13.3 Å². The van der Waals surface area contributed by atoms with Crippen molar-refractivity contribution < 1.29 is 0 Å². The van der Waals surface area contributed by atoms with Gasteiger partial charge in [-0.15, -0.1) is 0 Å². The van der Waals surface area contributed by atoms with Gasteiger partial charge in [-0.3, -0.25) is 0 Å². The molecule has 0 radical (unpaired) electrons. The third-order valence-corrected chi connectivity index (χ3v) is 3.79. The van der Waals surface area contributed by atoms with E-state index >= 15 is 0 Å². The number of nitrogens with two attached hydrogens (primary N) is 3. The van der Waals surface area contributed by atoms with Gasteiger partial charge < -0.3 is 17.2 Å². The van der Waals surface area contributed by atoms with Crippen molar-refractivity contribution in [3.63, 3.8) is 0 Å². The molecule has 1 fully saturated rings. The van der Waals surface area contributed by atoms with Crippen molar-refractivity contribution in [1.82, 2.24) is 0 Å². The summed E-state index contributed by atoms with van der Waals surface area (Å²) in [6.45, 7) is 2.30. The molecule has 0 spiro atoms. The molecule has 96 valence electrons. The van der Waals surface area contributed by atoms with Crippen molar-refractivity contribution in [3.05, 3.63) is 0 Å². The first kappa shape index (κ1) is 13.9. The SMILES string of the molecule is CC1CCC(N)CCC(N)CCCC(N)C1. The lowest BCUT2D eigenvalue weighted by molar-refractivity contribution is 0.362. The summed E-state index contributed by atoms with van der Waals surface area (Å²) in [5.41, 5.74) is 18.3. The average Bonchev–Trinajstić information content (AvgIpc) is 2.22. The van der Waals surface area contributed by atoms with E-state index in [4.69, 9.17) is 17.2 Å². The summed E-state index contributed by atoms with van der Waals surface area (Å²) in [5.74, 6) is 0.717. The summed E-state index contributed by atoms with van der Waals surface area (Å²) < 4.78 is 0. The maximum Gasteiger partial charge on any atom is 0.00413 e. The van der Waals surface area contributed by atoms with Gasteiger partial charge in [-0.05, 0) is 50.9 Å². The molecular weight excluding hydrogens is 198 g/mol. The lowest BCUT2D eigenvalue weighted by Crippen LogP contribution is -2.29. The molecule has 0 amide bonds. The minimum Gasteiger partial charge on any atom is -0.328 e. The molecule has 6 N–H and O–H groups in total. The van der Waals surface area contributed by atoms with Gasteiger partial charge in [0.25, 0.3) is 0 Å². The number of hydrogen-bond acceptors (Lipinski definition) is 3. The molecular formula is C13H29N3. The van der Waals surface area contributed by atoms with E-state index in [-0.39, 0.29) is 0 Å². The Kier molecular flexibility index (Phi) is 6.32. The predicted octanol–water partition coefficient (Wildman–Crippen LogP) is 1.74. The largest absolute Gasteiger partial charge is 0.328 e. The van der Waals surface area contributed by atoms with Crippen LogP contribution in [0.15, 0.2) is 0 Å². The van der Waals surface area contributed by atoms with Crippen molar-refractivity contribution in [2.75, 3.05) is 0 Å². The summed E-state index contributed by atoms with van der Waals surface area (Å²) in [4.78, 5) is 0. The third-order valence-electron chi connectivity index (χ3n) is 3.79. The molecule has 1 rings (SSSR count). The monoisotopic (exact) mass is 227 g/mol. The van der Waals surface area contributed by atoms with Gasteiger partial charge in [0.1, 0.15) is 0 Å². The molecule has 0 aromatic carbocycles. The predicted molar refractivity (Wildman–Crippen MR) is 70.0 cm³/mol. The standard InChI is InChI=1S/C13H29N3/c1-10-5-6-12(15)8-7-11(14)3-2-4-13(16)9-10/h10-13H,2-9,14-16H2,1H3. The zero-order chi connectivity index (χ0) is 12.0. The van der Waals surface area contributed by atoms with Crippen LogP contribution in [0.2, 0.25) is 0 Å². The van der Waals surface area contributed by atoms with Gasteiger partial charge >= 0.3 is 0 Å². The Hall–Kier alpha value is -0.120.